The Morgan fingerprint density at radius 3 is 2.63 bits per heavy atom. The van der Waals surface area contributed by atoms with Gasteiger partial charge >= 0.3 is 0 Å². The molecule has 0 unspecified atom stereocenters. The average Bonchev–Trinajstić information content (AvgIpc) is 2.76. The molecule has 0 saturated heterocycles. The van der Waals surface area contributed by atoms with Gasteiger partial charge in [0.15, 0.2) is 16.8 Å². The number of nitrogens with zero attached hydrogens (tertiary/aromatic N) is 2. The highest BCUT2D eigenvalue weighted by molar-refractivity contribution is 7.22. The van der Waals surface area contributed by atoms with E-state index in [0.717, 1.165) is 21.7 Å². The molecule has 0 aliphatic heterocycles. The summed E-state index contributed by atoms with van der Waals surface area (Å²) in [6.07, 6.45) is 0. The molecule has 2 nitrogen and oxygen atoms in total. The first-order chi connectivity index (χ1) is 9.04. The van der Waals surface area contributed by atoms with Crippen LogP contribution in [0.4, 0.5) is 8.78 Å². The second-order valence-corrected chi connectivity index (χ2v) is 5.43. The predicted octanol–water partition coefficient (Wildman–Crippen LogP) is 4.60. The summed E-state index contributed by atoms with van der Waals surface area (Å²) in [5.41, 5.74) is 1.30. The van der Waals surface area contributed by atoms with Crippen molar-refractivity contribution >= 4 is 33.2 Å². The number of halogens is 3. The number of aryl methyl sites for hydroxylation is 1. The molecule has 0 fully saturated rings. The van der Waals surface area contributed by atoms with Gasteiger partial charge in [0, 0.05) is 4.88 Å². The minimum Gasteiger partial charge on any atom is -0.232 e. The van der Waals surface area contributed by atoms with Crippen molar-refractivity contribution in [3.63, 3.8) is 0 Å². The van der Waals surface area contributed by atoms with Gasteiger partial charge in [-0.1, -0.05) is 17.7 Å². The number of aromatic nitrogens is 2. The molecule has 6 heteroatoms. The van der Waals surface area contributed by atoms with Crippen LogP contribution in [0, 0.1) is 18.6 Å². The smallest absolute Gasteiger partial charge is 0.159 e. The third-order valence-corrected chi connectivity index (χ3v) is 4.21. The molecule has 0 aliphatic carbocycles. The summed E-state index contributed by atoms with van der Waals surface area (Å²) in [6.45, 7) is 1.75. The van der Waals surface area contributed by atoms with Crippen LogP contribution < -0.4 is 0 Å². The maximum Gasteiger partial charge on any atom is 0.159 e. The first-order valence-electron chi connectivity index (χ1n) is 5.44. The van der Waals surface area contributed by atoms with Gasteiger partial charge in [0.25, 0.3) is 0 Å². The fraction of sp³-hybridized carbons (Fsp3) is 0.0769. The molecule has 0 bridgehead atoms. The molecule has 19 heavy (non-hydrogen) atoms. The lowest BCUT2D eigenvalue weighted by atomic mass is 10.2. The Morgan fingerprint density at radius 2 is 1.89 bits per heavy atom. The molecule has 0 atom stereocenters. The van der Waals surface area contributed by atoms with Crippen molar-refractivity contribution in [1.82, 2.24) is 9.97 Å². The zero-order valence-corrected chi connectivity index (χ0v) is 11.3. The van der Waals surface area contributed by atoms with Crippen LogP contribution in [-0.2, 0) is 0 Å². The largest absolute Gasteiger partial charge is 0.232 e. The van der Waals surface area contributed by atoms with Gasteiger partial charge in [0.2, 0.25) is 0 Å². The van der Waals surface area contributed by atoms with E-state index in [1.54, 1.807) is 13.0 Å². The molecule has 2 heterocycles. The third kappa shape index (κ3) is 2.19. The summed E-state index contributed by atoms with van der Waals surface area (Å²) in [7, 11) is 0. The maximum absolute atomic E-state index is 13.2. The van der Waals surface area contributed by atoms with Gasteiger partial charge in [-0.05, 0) is 30.7 Å². The number of hydrogen-bond donors (Lipinski definition) is 0. The normalized spacial score (nSPS) is 11.2. The zero-order valence-electron chi connectivity index (χ0n) is 9.75. The van der Waals surface area contributed by atoms with Gasteiger partial charge in [-0.15, -0.1) is 11.3 Å². The predicted molar refractivity (Wildman–Crippen MR) is 72.5 cm³/mol. The summed E-state index contributed by atoms with van der Waals surface area (Å²) in [4.78, 5) is 9.11. The SMILES string of the molecule is Cc1nc(Cl)c2sc(-c3ccc(F)c(F)c3)cc2n1. The van der Waals surface area contributed by atoms with E-state index in [0.29, 0.717) is 22.1 Å². The van der Waals surface area contributed by atoms with E-state index >= 15 is 0 Å². The quantitative estimate of drug-likeness (QED) is 0.613. The molecular weight excluding hydrogens is 290 g/mol. The molecule has 1 aromatic carbocycles. The maximum atomic E-state index is 13.2. The lowest BCUT2D eigenvalue weighted by Crippen LogP contribution is -1.86. The van der Waals surface area contributed by atoms with Crippen molar-refractivity contribution in [3.8, 4) is 10.4 Å². The van der Waals surface area contributed by atoms with Crippen LogP contribution >= 0.6 is 22.9 Å². The highest BCUT2D eigenvalue weighted by Crippen LogP contribution is 2.36. The van der Waals surface area contributed by atoms with E-state index in [2.05, 4.69) is 9.97 Å². The Morgan fingerprint density at radius 1 is 1.11 bits per heavy atom. The monoisotopic (exact) mass is 296 g/mol. The molecule has 3 aromatic rings. The van der Waals surface area contributed by atoms with Crippen LogP contribution in [-0.4, -0.2) is 9.97 Å². The highest BCUT2D eigenvalue weighted by Gasteiger charge is 2.12. The molecule has 0 amide bonds. The van der Waals surface area contributed by atoms with Crippen LogP contribution in [0.5, 0.6) is 0 Å². The van der Waals surface area contributed by atoms with Crippen molar-refractivity contribution in [3.05, 3.63) is 46.9 Å². The number of hydrogen-bond acceptors (Lipinski definition) is 3. The van der Waals surface area contributed by atoms with Gasteiger partial charge in [-0.3, -0.25) is 0 Å². The molecule has 0 saturated carbocycles. The van der Waals surface area contributed by atoms with Crippen LogP contribution in [0.2, 0.25) is 5.15 Å². The standard InChI is InChI=1S/C13H7ClF2N2S/c1-6-17-10-5-11(19-12(10)13(14)18-6)7-2-3-8(15)9(16)4-7/h2-5H,1H3. The first-order valence-corrected chi connectivity index (χ1v) is 6.63. The van der Waals surface area contributed by atoms with Gasteiger partial charge in [-0.25, -0.2) is 18.7 Å². The van der Waals surface area contributed by atoms with E-state index in [4.69, 9.17) is 11.6 Å². The lowest BCUT2D eigenvalue weighted by molar-refractivity contribution is 0.509. The summed E-state index contributed by atoms with van der Waals surface area (Å²) in [5.74, 6) is -1.16. The fourth-order valence-electron chi connectivity index (χ4n) is 1.80. The highest BCUT2D eigenvalue weighted by atomic mass is 35.5. The van der Waals surface area contributed by atoms with Crippen molar-refractivity contribution < 1.29 is 8.78 Å². The number of benzene rings is 1. The Hall–Kier alpha value is -1.59. The van der Waals surface area contributed by atoms with Crippen LogP contribution in [0.15, 0.2) is 24.3 Å². The number of fused-ring (bicyclic) bond motifs is 1. The molecule has 2 aromatic heterocycles. The molecule has 0 radical (unpaired) electrons. The van der Waals surface area contributed by atoms with Crippen molar-refractivity contribution in [2.45, 2.75) is 6.92 Å². The first kappa shape index (κ1) is 12.4. The summed E-state index contributed by atoms with van der Waals surface area (Å²) >= 11 is 7.40. The number of rotatable bonds is 1. The molecule has 3 rings (SSSR count). The van der Waals surface area contributed by atoms with Crippen molar-refractivity contribution in [2.75, 3.05) is 0 Å². The molecule has 96 valence electrons. The average molecular weight is 297 g/mol. The third-order valence-electron chi connectivity index (χ3n) is 2.65. The van der Waals surface area contributed by atoms with E-state index in [-0.39, 0.29) is 0 Å². The fourth-order valence-corrected chi connectivity index (χ4v) is 3.11. The Bertz CT molecular complexity index is 786. The van der Waals surface area contributed by atoms with E-state index < -0.39 is 11.6 Å². The van der Waals surface area contributed by atoms with E-state index in [9.17, 15) is 8.78 Å². The molecular formula is C13H7ClF2N2S. The van der Waals surface area contributed by atoms with Gasteiger partial charge in [-0.2, -0.15) is 0 Å². The van der Waals surface area contributed by atoms with Crippen molar-refractivity contribution in [1.29, 1.82) is 0 Å². The summed E-state index contributed by atoms with van der Waals surface area (Å²) < 4.78 is 26.9. The topological polar surface area (TPSA) is 25.8 Å². The Balaban J connectivity index is 2.20. The summed E-state index contributed by atoms with van der Waals surface area (Å²) in [5, 5.41) is 0.376. The van der Waals surface area contributed by atoms with Gasteiger partial charge < -0.3 is 0 Å². The number of thiophene rings is 1. The molecule has 0 spiro atoms. The van der Waals surface area contributed by atoms with Gasteiger partial charge in [0.05, 0.1) is 10.2 Å². The Kier molecular flexibility index (Phi) is 2.95. The van der Waals surface area contributed by atoms with E-state index in [1.165, 1.54) is 17.4 Å². The summed E-state index contributed by atoms with van der Waals surface area (Å²) in [6, 6.07) is 5.59. The molecule has 0 aliphatic rings. The second kappa shape index (κ2) is 4.51. The van der Waals surface area contributed by atoms with E-state index in [1.807, 2.05) is 0 Å². The molecule has 0 N–H and O–H groups in total. The lowest BCUT2D eigenvalue weighted by Gasteiger charge is -1.97. The minimum atomic E-state index is -0.872. The minimum absolute atomic E-state index is 0.376. The van der Waals surface area contributed by atoms with Gasteiger partial charge in [0.1, 0.15) is 5.82 Å². The van der Waals surface area contributed by atoms with Crippen LogP contribution in [0.3, 0.4) is 0 Å². The Labute approximate surface area is 116 Å². The zero-order chi connectivity index (χ0) is 13.6. The van der Waals surface area contributed by atoms with Crippen LogP contribution in [0.1, 0.15) is 5.82 Å². The van der Waals surface area contributed by atoms with Crippen LogP contribution in [0.25, 0.3) is 20.7 Å². The van der Waals surface area contributed by atoms with Crippen molar-refractivity contribution in [2.24, 2.45) is 0 Å². The second-order valence-electron chi connectivity index (χ2n) is 4.02.